The first-order chi connectivity index (χ1) is 9.06. The molecule has 0 saturated heterocycles. The van der Waals surface area contributed by atoms with E-state index in [9.17, 15) is 9.90 Å². The monoisotopic (exact) mass is 258 g/mol. The highest BCUT2D eigenvalue weighted by Gasteiger charge is 2.09. The van der Waals surface area contributed by atoms with Gasteiger partial charge in [-0.15, -0.1) is 0 Å². The Hall–Kier alpha value is -2.76. The molecule has 1 amide bonds. The van der Waals surface area contributed by atoms with Crippen molar-refractivity contribution in [1.29, 1.82) is 0 Å². The van der Waals surface area contributed by atoms with Gasteiger partial charge in [-0.3, -0.25) is 20.7 Å². The zero-order valence-electron chi connectivity index (χ0n) is 10.4. The van der Waals surface area contributed by atoms with Crippen LogP contribution < -0.4 is 10.9 Å². The van der Waals surface area contributed by atoms with E-state index in [0.29, 0.717) is 11.3 Å². The Morgan fingerprint density at radius 1 is 1.37 bits per heavy atom. The molecule has 0 bridgehead atoms. The van der Waals surface area contributed by atoms with E-state index < -0.39 is 0 Å². The molecule has 0 fully saturated rings. The van der Waals surface area contributed by atoms with Crippen LogP contribution in [0.25, 0.3) is 5.70 Å². The summed E-state index contributed by atoms with van der Waals surface area (Å²) in [5.41, 5.74) is 7.39. The number of H-pyrrole nitrogens is 1. The molecule has 6 heteroatoms. The predicted octanol–water partition coefficient (Wildman–Crippen LogP) is 1.33. The number of aromatic nitrogens is 2. The molecule has 0 radical (unpaired) electrons. The number of amides is 1. The van der Waals surface area contributed by atoms with Gasteiger partial charge in [-0.2, -0.15) is 5.10 Å². The fourth-order valence-electron chi connectivity index (χ4n) is 1.50. The molecule has 98 valence electrons. The van der Waals surface area contributed by atoms with Gasteiger partial charge in [0.1, 0.15) is 5.75 Å². The molecule has 0 unspecified atom stereocenters. The second-order valence-electron chi connectivity index (χ2n) is 4.04. The van der Waals surface area contributed by atoms with E-state index in [1.54, 1.807) is 30.3 Å². The summed E-state index contributed by atoms with van der Waals surface area (Å²) in [4.78, 5) is 11.7. The minimum absolute atomic E-state index is 0.134. The van der Waals surface area contributed by atoms with E-state index >= 15 is 0 Å². The number of nitrogens with one attached hydrogen (secondary N) is 3. The molecule has 1 aromatic carbocycles. The summed E-state index contributed by atoms with van der Waals surface area (Å²) >= 11 is 0. The Balaban J connectivity index is 1.95. The number of hydrazine groups is 1. The minimum atomic E-state index is -0.370. The predicted molar refractivity (Wildman–Crippen MR) is 71.1 cm³/mol. The van der Waals surface area contributed by atoms with Crippen LogP contribution in [0, 0.1) is 6.92 Å². The average molecular weight is 258 g/mol. The first kappa shape index (κ1) is 12.7. The van der Waals surface area contributed by atoms with Crippen molar-refractivity contribution >= 4 is 11.6 Å². The minimum Gasteiger partial charge on any atom is -0.508 e. The van der Waals surface area contributed by atoms with Crippen molar-refractivity contribution in [3.8, 4) is 5.75 Å². The van der Waals surface area contributed by atoms with Crippen molar-refractivity contribution in [3.05, 3.63) is 53.9 Å². The fourth-order valence-corrected chi connectivity index (χ4v) is 1.50. The highest BCUT2D eigenvalue weighted by Crippen LogP contribution is 2.15. The highest BCUT2D eigenvalue weighted by atomic mass is 16.3. The summed E-state index contributed by atoms with van der Waals surface area (Å²) < 4.78 is 0. The number of hydrogen-bond donors (Lipinski definition) is 4. The number of aromatic amines is 1. The number of benzene rings is 1. The number of nitrogens with zero attached hydrogens (tertiary/aromatic N) is 1. The fraction of sp³-hybridized carbons (Fsp3) is 0.0769. The molecule has 0 aliphatic heterocycles. The van der Waals surface area contributed by atoms with Crippen LogP contribution in [0.3, 0.4) is 0 Å². The maximum absolute atomic E-state index is 11.7. The first-order valence-electron chi connectivity index (χ1n) is 5.63. The second-order valence-corrected chi connectivity index (χ2v) is 4.04. The van der Waals surface area contributed by atoms with Crippen LogP contribution in [0.2, 0.25) is 0 Å². The Kier molecular flexibility index (Phi) is 3.51. The summed E-state index contributed by atoms with van der Waals surface area (Å²) in [7, 11) is 0. The Bertz CT molecular complexity index is 619. The Labute approximate surface area is 110 Å². The van der Waals surface area contributed by atoms with Gasteiger partial charge in [-0.05, 0) is 25.1 Å². The summed E-state index contributed by atoms with van der Waals surface area (Å²) in [5, 5.41) is 15.9. The molecular weight excluding hydrogens is 244 g/mol. The number of rotatable bonds is 4. The third kappa shape index (κ3) is 3.12. The molecule has 0 saturated carbocycles. The van der Waals surface area contributed by atoms with Crippen molar-refractivity contribution in [1.82, 2.24) is 21.0 Å². The van der Waals surface area contributed by atoms with E-state index in [4.69, 9.17) is 0 Å². The van der Waals surface area contributed by atoms with Gasteiger partial charge in [0, 0.05) is 11.3 Å². The van der Waals surface area contributed by atoms with Crippen LogP contribution in [-0.4, -0.2) is 21.2 Å². The lowest BCUT2D eigenvalue weighted by Gasteiger charge is -2.10. The Morgan fingerprint density at radius 3 is 2.79 bits per heavy atom. The van der Waals surface area contributed by atoms with Crippen molar-refractivity contribution in [2.75, 3.05) is 0 Å². The molecule has 1 aromatic heterocycles. The summed E-state index contributed by atoms with van der Waals surface area (Å²) in [6.45, 7) is 5.58. The lowest BCUT2D eigenvalue weighted by atomic mass is 10.2. The van der Waals surface area contributed by atoms with Gasteiger partial charge >= 0.3 is 0 Å². The van der Waals surface area contributed by atoms with Gasteiger partial charge in [-0.25, -0.2) is 0 Å². The van der Waals surface area contributed by atoms with Crippen LogP contribution in [0.1, 0.15) is 21.7 Å². The lowest BCUT2D eigenvalue weighted by Crippen LogP contribution is -2.36. The number of aryl methyl sites for hydroxylation is 1. The molecular formula is C13H14N4O2. The Morgan fingerprint density at radius 2 is 2.16 bits per heavy atom. The van der Waals surface area contributed by atoms with Crippen molar-refractivity contribution < 1.29 is 9.90 Å². The van der Waals surface area contributed by atoms with Crippen LogP contribution >= 0.6 is 0 Å². The molecule has 0 aliphatic carbocycles. The standard InChI is InChI=1S/C13H14N4O2/c1-8-6-12(16-14-8)13(19)17-15-9(2)10-4-3-5-11(18)7-10/h3-7,15,18H,2H2,1H3,(H,14,16)(H,17,19). The number of phenolic OH excluding ortho intramolecular Hbond substituents is 1. The first-order valence-corrected chi connectivity index (χ1v) is 5.63. The maximum atomic E-state index is 11.7. The molecule has 6 nitrogen and oxygen atoms in total. The SMILES string of the molecule is C=C(NNC(=O)c1cc(C)[nH]n1)c1cccc(O)c1. The highest BCUT2D eigenvalue weighted by molar-refractivity contribution is 5.92. The maximum Gasteiger partial charge on any atom is 0.290 e. The number of phenols is 1. The number of hydrogen-bond acceptors (Lipinski definition) is 4. The van der Waals surface area contributed by atoms with E-state index in [1.807, 2.05) is 6.92 Å². The molecule has 0 aliphatic rings. The quantitative estimate of drug-likeness (QED) is 0.623. The van der Waals surface area contributed by atoms with Crippen LogP contribution in [0.4, 0.5) is 0 Å². The normalized spacial score (nSPS) is 9.95. The van der Waals surface area contributed by atoms with Crippen molar-refractivity contribution in [3.63, 3.8) is 0 Å². The van der Waals surface area contributed by atoms with Gasteiger partial charge in [0.15, 0.2) is 5.69 Å². The summed E-state index contributed by atoms with van der Waals surface area (Å²) in [5.74, 6) is -0.236. The van der Waals surface area contributed by atoms with Gasteiger partial charge < -0.3 is 5.11 Å². The molecule has 2 rings (SSSR count). The smallest absolute Gasteiger partial charge is 0.290 e. The van der Waals surface area contributed by atoms with E-state index in [-0.39, 0.29) is 17.4 Å². The third-order valence-electron chi connectivity index (χ3n) is 2.46. The topological polar surface area (TPSA) is 90.0 Å². The number of carbonyl (C=O) groups is 1. The average Bonchev–Trinajstić information content (AvgIpc) is 2.82. The second kappa shape index (κ2) is 5.26. The van der Waals surface area contributed by atoms with E-state index in [2.05, 4.69) is 27.6 Å². The molecule has 2 aromatic rings. The van der Waals surface area contributed by atoms with Gasteiger partial charge in [0.2, 0.25) is 0 Å². The molecule has 0 spiro atoms. The summed E-state index contributed by atoms with van der Waals surface area (Å²) in [6, 6.07) is 8.19. The largest absolute Gasteiger partial charge is 0.508 e. The molecule has 1 heterocycles. The summed E-state index contributed by atoms with van der Waals surface area (Å²) in [6.07, 6.45) is 0. The molecule has 0 atom stereocenters. The van der Waals surface area contributed by atoms with Crippen LogP contribution in [0.15, 0.2) is 36.9 Å². The van der Waals surface area contributed by atoms with E-state index in [0.717, 1.165) is 5.69 Å². The molecule has 19 heavy (non-hydrogen) atoms. The van der Waals surface area contributed by atoms with Crippen LogP contribution in [0.5, 0.6) is 5.75 Å². The number of carbonyl (C=O) groups excluding carboxylic acids is 1. The zero-order valence-corrected chi connectivity index (χ0v) is 10.4. The molecule has 4 N–H and O–H groups in total. The van der Waals surface area contributed by atoms with Gasteiger partial charge in [0.25, 0.3) is 5.91 Å². The van der Waals surface area contributed by atoms with Gasteiger partial charge in [-0.1, -0.05) is 18.7 Å². The van der Waals surface area contributed by atoms with Crippen molar-refractivity contribution in [2.24, 2.45) is 0 Å². The van der Waals surface area contributed by atoms with E-state index in [1.165, 1.54) is 0 Å². The third-order valence-corrected chi connectivity index (χ3v) is 2.46. The van der Waals surface area contributed by atoms with Gasteiger partial charge in [0.05, 0.1) is 5.70 Å². The van der Waals surface area contributed by atoms with Crippen molar-refractivity contribution in [2.45, 2.75) is 6.92 Å². The number of aromatic hydroxyl groups is 1. The lowest BCUT2D eigenvalue weighted by molar-refractivity contribution is 0.0937. The van der Waals surface area contributed by atoms with Crippen LogP contribution in [-0.2, 0) is 0 Å². The zero-order chi connectivity index (χ0) is 13.8.